The van der Waals surface area contributed by atoms with Crippen LogP contribution >= 0.6 is 0 Å². The molecule has 0 bridgehead atoms. The second-order valence-corrected chi connectivity index (χ2v) is 5.35. The van der Waals surface area contributed by atoms with Crippen LogP contribution in [0.5, 0.6) is 17.2 Å². The lowest BCUT2D eigenvalue weighted by Crippen LogP contribution is -2.11. The van der Waals surface area contributed by atoms with E-state index in [-0.39, 0.29) is 17.3 Å². The predicted molar refractivity (Wildman–Crippen MR) is 95.7 cm³/mol. The first kappa shape index (κ1) is 17.0. The molecule has 0 spiro atoms. The molecule has 2 N–H and O–H groups in total. The first-order chi connectivity index (χ1) is 12.5. The second kappa shape index (κ2) is 7.35. The minimum Gasteiger partial charge on any atom is -0.506 e. The Hall–Kier alpha value is -3.87. The molecule has 3 rings (SSSR count). The predicted octanol–water partition coefficient (Wildman–Crippen LogP) is 4.35. The Morgan fingerprint density at radius 3 is 2.08 bits per heavy atom. The number of phenolic OH excluding ortho intramolecular Hbond substituents is 1. The van der Waals surface area contributed by atoms with Crippen molar-refractivity contribution in [2.75, 3.05) is 5.32 Å². The lowest BCUT2D eigenvalue weighted by Gasteiger charge is -2.08. The molecule has 130 valence electrons. The number of non-ortho nitro benzene ring substituents is 1. The van der Waals surface area contributed by atoms with Crippen molar-refractivity contribution < 1.29 is 19.6 Å². The maximum Gasteiger partial charge on any atom is 0.269 e. The number of nitrogens with zero attached hydrogens (tertiary/aromatic N) is 1. The van der Waals surface area contributed by atoms with E-state index < -0.39 is 4.92 Å². The van der Waals surface area contributed by atoms with Gasteiger partial charge in [-0.2, -0.15) is 0 Å². The van der Waals surface area contributed by atoms with Crippen LogP contribution in [-0.4, -0.2) is 15.9 Å². The van der Waals surface area contributed by atoms with E-state index in [4.69, 9.17) is 4.74 Å². The Morgan fingerprint density at radius 2 is 1.50 bits per heavy atom. The number of hydrogen-bond acceptors (Lipinski definition) is 5. The van der Waals surface area contributed by atoms with Gasteiger partial charge in [0, 0.05) is 17.7 Å². The van der Waals surface area contributed by atoms with E-state index in [9.17, 15) is 20.0 Å². The molecular formula is C19H14N2O5. The average Bonchev–Trinajstić information content (AvgIpc) is 2.64. The van der Waals surface area contributed by atoms with Gasteiger partial charge in [-0.1, -0.05) is 12.1 Å². The summed E-state index contributed by atoms with van der Waals surface area (Å²) in [6, 6.07) is 18.5. The minimum absolute atomic E-state index is 0.0148. The van der Waals surface area contributed by atoms with Gasteiger partial charge in [-0.25, -0.2) is 0 Å². The molecule has 0 unspecified atom stereocenters. The number of carbonyl (C=O) groups is 1. The number of amides is 1. The third kappa shape index (κ3) is 3.96. The fourth-order valence-electron chi connectivity index (χ4n) is 2.22. The van der Waals surface area contributed by atoms with Gasteiger partial charge in [0.15, 0.2) is 0 Å². The van der Waals surface area contributed by atoms with Crippen LogP contribution in [0.3, 0.4) is 0 Å². The molecule has 0 saturated heterocycles. The SMILES string of the molecule is O=C(Nc1ccccc1O)c1ccc(Oc2ccc([N+](=O)[O-])cc2)cc1. The summed E-state index contributed by atoms with van der Waals surface area (Å²) in [5.41, 5.74) is 0.696. The molecule has 0 radical (unpaired) electrons. The van der Waals surface area contributed by atoms with Crippen molar-refractivity contribution in [2.45, 2.75) is 0 Å². The molecule has 3 aromatic rings. The molecule has 7 heteroatoms. The van der Waals surface area contributed by atoms with Crippen molar-refractivity contribution >= 4 is 17.3 Å². The average molecular weight is 350 g/mol. The highest BCUT2D eigenvalue weighted by Gasteiger charge is 2.09. The van der Waals surface area contributed by atoms with Crippen LogP contribution in [-0.2, 0) is 0 Å². The maximum atomic E-state index is 12.2. The highest BCUT2D eigenvalue weighted by Crippen LogP contribution is 2.25. The molecule has 0 aliphatic rings. The maximum absolute atomic E-state index is 12.2. The zero-order chi connectivity index (χ0) is 18.5. The standard InChI is InChI=1S/C19H14N2O5/c22-18-4-2-1-3-17(18)20-19(23)13-5-9-15(10-6-13)26-16-11-7-14(8-12-16)21(24)25/h1-12,22H,(H,20,23). The monoisotopic (exact) mass is 350 g/mol. The van der Waals surface area contributed by atoms with Crippen molar-refractivity contribution in [2.24, 2.45) is 0 Å². The van der Waals surface area contributed by atoms with Crippen LogP contribution in [0.4, 0.5) is 11.4 Å². The number of nitrogens with one attached hydrogen (secondary N) is 1. The zero-order valence-corrected chi connectivity index (χ0v) is 13.5. The Labute approximate surface area is 148 Å². The highest BCUT2D eigenvalue weighted by molar-refractivity contribution is 6.05. The summed E-state index contributed by atoms with van der Waals surface area (Å²) in [7, 11) is 0. The molecule has 26 heavy (non-hydrogen) atoms. The number of para-hydroxylation sites is 2. The second-order valence-electron chi connectivity index (χ2n) is 5.35. The van der Waals surface area contributed by atoms with E-state index in [1.807, 2.05) is 0 Å². The molecule has 7 nitrogen and oxygen atoms in total. The Bertz CT molecular complexity index is 937. The molecule has 0 aliphatic carbocycles. The summed E-state index contributed by atoms with van der Waals surface area (Å²) < 4.78 is 5.59. The smallest absolute Gasteiger partial charge is 0.269 e. The first-order valence-electron chi connectivity index (χ1n) is 7.64. The summed E-state index contributed by atoms with van der Waals surface area (Å²) >= 11 is 0. The van der Waals surface area contributed by atoms with E-state index in [0.717, 1.165) is 0 Å². The van der Waals surface area contributed by atoms with Gasteiger partial charge in [0.25, 0.3) is 11.6 Å². The number of phenols is 1. The van der Waals surface area contributed by atoms with Crippen molar-refractivity contribution in [1.82, 2.24) is 0 Å². The number of anilines is 1. The molecule has 0 atom stereocenters. The quantitative estimate of drug-likeness (QED) is 0.405. The largest absolute Gasteiger partial charge is 0.506 e. The van der Waals surface area contributed by atoms with Gasteiger partial charge in [0.2, 0.25) is 0 Å². The summed E-state index contributed by atoms with van der Waals surface area (Å²) in [4.78, 5) is 22.4. The van der Waals surface area contributed by atoms with Gasteiger partial charge in [-0.3, -0.25) is 14.9 Å². The molecule has 0 saturated carbocycles. The van der Waals surface area contributed by atoms with Crippen LogP contribution in [0.1, 0.15) is 10.4 Å². The van der Waals surface area contributed by atoms with Crippen molar-refractivity contribution in [3.8, 4) is 17.2 Å². The number of hydrogen-bond donors (Lipinski definition) is 2. The van der Waals surface area contributed by atoms with Crippen LogP contribution < -0.4 is 10.1 Å². The normalized spacial score (nSPS) is 10.2. The van der Waals surface area contributed by atoms with Gasteiger partial charge >= 0.3 is 0 Å². The summed E-state index contributed by atoms with van der Waals surface area (Å²) in [5.74, 6) is 0.548. The lowest BCUT2D eigenvalue weighted by molar-refractivity contribution is -0.384. The molecule has 0 heterocycles. The molecule has 0 fully saturated rings. The molecule has 0 aliphatic heterocycles. The van der Waals surface area contributed by atoms with Crippen LogP contribution in [0.25, 0.3) is 0 Å². The number of rotatable bonds is 5. The Morgan fingerprint density at radius 1 is 0.923 bits per heavy atom. The van der Waals surface area contributed by atoms with Gasteiger partial charge in [-0.05, 0) is 48.5 Å². The zero-order valence-electron chi connectivity index (χ0n) is 13.5. The topological polar surface area (TPSA) is 102 Å². The van der Waals surface area contributed by atoms with Gasteiger partial charge in [-0.15, -0.1) is 0 Å². The lowest BCUT2D eigenvalue weighted by atomic mass is 10.2. The fraction of sp³-hybridized carbons (Fsp3) is 0. The summed E-state index contributed by atoms with van der Waals surface area (Å²) in [6.07, 6.45) is 0. The third-order valence-electron chi connectivity index (χ3n) is 3.55. The van der Waals surface area contributed by atoms with Crippen molar-refractivity contribution in [1.29, 1.82) is 0 Å². The number of benzene rings is 3. The Kier molecular flexibility index (Phi) is 4.80. The van der Waals surface area contributed by atoms with Crippen molar-refractivity contribution in [3.63, 3.8) is 0 Å². The van der Waals surface area contributed by atoms with Gasteiger partial charge in [0.05, 0.1) is 10.6 Å². The molecule has 3 aromatic carbocycles. The Balaban J connectivity index is 1.67. The van der Waals surface area contributed by atoms with E-state index in [0.29, 0.717) is 22.7 Å². The first-order valence-corrected chi connectivity index (χ1v) is 7.64. The molecule has 1 amide bonds. The number of nitro benzene ring substituents is 1. The minimum atomic E-state index is -0.484. The summed E-state index contributed by atoms with van der Waals surface area (Å²) in [6.45, 7) is 0. The fourth-order valence-corrected chi connectivity index (χ4v) is 2.22. The number of carbonyl (C=O) groups excluding carboxylic acids is 1. The number of nitro groups is 1. The van der Waals surface area contributed by atoms with Gasteiger partial charge in [0.1, 0.15) is 17.2 Å². The van der Waals surface area contributed by atoms with E-state index in [2.05, 4.69) is 5.32 Å². The summed E-state index contributed by atoms with van der Waals surface area (Å²) in [5, 5.41) is 22.9. The molecule has 0 aromatic heterocycles. The van der Waals surface area contributed by atoms with E-state index in [1.165, 1.54) is 30.3 Å². The number of aromatic hydroxyl groups is 1. The van der Waals surface area contributed by atoms with Crippen LogP contribution in [0.15, 0.2) is 72.8 Å². The van der Waals surface area contributed by atoms with Gasteiger partial charge < -0.3 is 15.2 Å². The van der Waals surface area contributed by atoms with E-state index in [1.54, 1.807) is 42.5 Å². The molecular weight excluding hydrogens is 336 g/mol. The van der Waals surface area contributed by atoms with Crippen LogP contribution in [0.2, 0.25) is 0 Å². The third-order valence-corrected chi connectivity index (χ3v) is 3.55. The van der Waals surface area contributed by atoms with Crippen molar-refractivity contribution in [3.05, 3.63) is 88.5 Å². The van der Waals surface area contributed by atoms with E-state index >= 15 is 0 Å². The van der Waals surface area contributed by atoms with Crippen LogP contribution in [0, 0.1) is 10.1 Å². The number of ether oxygens (including phenoxy) is 1. The highest BCUT2D eigenvalue weighted by atomic mass is 16.6.